The Morgan fingerprint density at radius 3 is 2.29 bits per heavy atom. The number of carbonyl (C=O) groups excluding carboxylic acids is 1. The van der Waals surface area contributed by atoms with Gasteiger partial charge in [0.2, 0.25) is 0 Å². The number of H-pyrrole nitrogens is 1. The molecule has 1 aliphatic rings. The maximum atomic E-state index is 13.6. The molecule has 1 saturated heterocycles. The van der Waals surface area contributed by atoms with E-state index in [0.29, 0.717) is 5.56 Å². The van der Waals surface area contributed by atoms with Crippen molar-refractivity contribution in [2.45, 2.75) is 12.1 Å². The van der Waals surface area contributed by atoms with Gasteiger partial charge in [0.05, 0.1) is 13.2 Å². The zero-order valence-electron chi connectivity index (χ0n) is 19.2. The van der Waals surface area contributed by atoms with Gasteiger partial charge in [0.25, 0.3) is 0 Å². The number of nitrogens with zero attached hydrogens (tertiary/aromatic N) is 2. The number of ketones is 1. The van der Waals surface area contributed by atoms with E-state index in [9.17, 15) is 9.90 Å². The monoisotopic (exact) mass is 455 g/mol. The summed E-state index contributed by atoms with van der Waals surface area (Å²) < 4.78 is 5.32. The van der Waals surface area contributed by atoms with Crippen LogP contribution in [0.4, 0.5) is 5.69 Å². The molecule has 3 aromatic carbocycles. The molecule has 0 radical (unpaired) electrons. The largest absolute Gasteiger partial charge is 0.497 e. The molecule has 34 heavy (non-hydrogen) atoms. The molecule has 1 aromatic heterocycles. The van der Waals surface area contributed by atoms with Crippen molar-refractivity contribution in [2.75, 3.05) is 38.2 Å². The van der Waals surface area contributed by atoms with E-state index in [2.05, 4.69) is 26.9 Å². The molecule has 0 saturated carbocycles. The van der Waals surface area contributed by atoms with E-state index in [1.807, 2.05) is 66.7 Å². The number of methoxy groups -OCH3 is 1. The van der Waals surface area contributed by atoms with Gasteiger partial charge in [-0.15, -0.1) is 0 Å². The smallest absolute Gasteiger partial charge is 0.195 e. The molecular formula is C28H29N3O3. The van der Waals surface area contributed by atoms with Gasteiger partial charge in [-0.25, -0.2) is 0 Å². The topological polar surface area (TPSA) is 68.8 Å². The number of aromatic nitrogens is 1. The van der Waals surface area contributed by atoms with E-state index in [0.717, 1.165) is 48.4 Å². The normalized spacial score (nSPS) is 16.4. The number of benzene rings is 3. The SMILES string of the molecule is COc1ccc([C@H]([C@@H](O)C(=O)c2c[nH]c3ccccc23)N2CCN(c3ccccc3)CC2)cc1. The molecule has 174 valence electrons. The lowest BCUT2D eigenvalue weighted by Crippen LogP contribution is -2.51. The molecule has 0 unspecified atom stereocenters. The molecule has 6 heteroatoms. The molecule has 5 rings (SSSR count). The number of para-hydroxylation sites is 2. The maximum absolute atomic E-state index is 13.6. The van der Waals surface area contributed by atoms with Crippen LogP contribution in [0.2, 0.25) is 0 Å². The number of Topliss-reactive ketones (excluding diaryl/α,β-unsaturated/α-hetero) is 1. The highest BCUT2D eigenvalue weighted by Crippen LogP contribution is 2.31. The number of aliphatic hydroxyl groups is 1. The Hall–Kier alpha value is -3.61. The Balaban J connectivity index is 1.43. The first-order valence-corrected chi connectivity index (χ1v) is 11.6. The molecule has 0 amide bonds. The molecule has 6 nitrogen and oxygen atoms in total. The first-order valence-electron chi connectivity index (χ1n) is 11.6. The molecule has 2 heterocycles. The number of piperazine rings is 1. The zero-order valence-corrected chi connectivity index (χ0v) is 19.2. The van der Waals surface area contributed by atoms with Crippen LogP contribution in [0.1, 0.15) is 22.0 Å². The van der Waals surface area contributed by atoms with Crippen LogP contribution in [-0.4, -0.2) is 60.2 Å². The fourth-order valence-corrected chi connectivity index (χ4v) is 4.87. The van der Waals surface area contributed by atoms with Crippen LogP contribution in [0.25, 0.3) is 10.9 Å². The number of aliphatic hydroxyl groups excluding tert-OH is 1. The van der Waals surface area contributed by atoms with Crippen molar-refractivity contribution in [1.82, 2.24) is 9.88 Å². The summed E-state index contributed by atoms with van der Waals surface area (Å²) in [6.07, 6.45) is 0.505. The van der Waals surface area contributed by atoms with Gasteiger partial charge in [-0.05, 0) is 35.9 Å². The number of anilines is 1. The second-order valence-corrected chi connectivity index (χ2v) is 8.63. The summed E-state index contributed by atoms with van der Waals surface area (Å²) in [4.78, 5) is 21.3. The number of nitrogens with one attached hydrogen (secondary N) is 1. The first kappa shape index (κ1) is 22.2. The van der Waals surface area contributed by atoms with Crippen molar-refractivity contribution in [3.63, 3.8) is 0 Å². The van der Waals surface area contributed by atoms with Gasteiger partial charge in [-0.2, -0.15) is 0 Å². The zero-order chi connectivity index (χ0) is 23.5. The quantitative estimate of drug-likeness (QED) is 0.407. The third-order valence-corrected chi connectivity index (χ3v) is 6.71. The number of rotatable bonds is 7. The lowest BCUT2D eigenvalue weighted by molar-refractivity contribution is 0.0366. The van der Waals surface area contributed by atoms with Crippen LogP contribution in [0.3, 0.4) is 0 Å². The van der Waals surface area contributed by atoms with Gasteiger partial charge < -0.3 is 19.7 Å². The van der Waals surface area contributed by atoms with Gasteiger partial charge in [-0.1, -0.05) is 48.5 Å². The van der Waals surface area contributed by atoms with E-state index in [1.54, 1.807) is 13.3 Å². The molecule has 0 bridgehead atoms. The highest BCUT2D eigenvalue weighted by molar-refractivity contribution is 6.10. The lowest BCUT2D eigenvalue weighted by atomic mass is 9.92. The summed E-state index contributed by atoms with van der Waals surface area (Å²) in [5.41, 5.74) is 3.49. The van der Waals surface area contributed by atoms with Crippen LogP contribution in [-0.2, 0) is 0 Å². The van der Waals surface area contributed by atoms with Gasteiger partial charge in [0.15, 0.2) is 5.78 Å². The van der Waals surface area contributed by atoms with Gasteiger partial charge in [-0.3, -0.25) is 9.69 Å². The summed E-state index contributed by atoms with van der Waals surface area (Å²) in [7, 11) is 1.63. The van der Waals surface area contributed by atoms with Crippen LogP contribution in [0.5, 0.6) is 5.75 Å². The number of hydrogen-bond acceptors (Lipinski definition) is 5. The average molecular weight is 456 g/mol. The third kappa shape index (κ3) is 4.30. The van der Waals surface area contributed by atoms with E-state index in [-0.39, 0.29) is 5.78 Å². The molecule has 0 spiro atoms. The summed E-state index contributed by atoms with van der Waals surface area (Å²) in [5.74, 6) is 0.470. The van der Waals surface area contributed by atoms with Gasteiger partial charge in [0, 0.05) is 54.5 Å². The highest BCUT2D eigenvalue weighted by Gasteiger charge is 2.35. The van der Waals surface area contributed by atoms with Gasteiger partial charge >= 0.3 is 0 Å². The fraction of sp³-hybridized carbons (Fsp3) is 0.250. The predicted molar refractivity (Wildman–Crippen MR) is 135 cm³/mol. The Morgan fingerprint density at radius 1 is 0.912 bits per heavy atom. The fourth-order valence-electron chi connectivity index (χ4n) is 4.87. The first-order chi connectivity index (χ1) is 16.7. The van der Waals surface area contributed by atoms with Crippen molar-refractivity contribution < 1.29 is 14.6 Å². The summed E-state index contributed by atoms with van der Waals surface area (Å²) in [6.45, 7) is 3.13. The molecule has 0 aliphatic carbocycles. The van der Waals surface area contributed by atoms with Crippen molar-refractivity contribution in [1.29, 1.82) is 0 Å². The minimum Gasteiger partial charge on any atom is -0.497 e. The minimum atomic E-state index is -1.20. The molecule has 4 aromatic rings. The number of carbonyl (C=O) groups is 1. The predicted octanol–water partition coefficient (Wildman–Crippen LogP) is 4.28. The highest BCUT2D eigenvalue weighted by atomic mass is 16.5. The van der Waals surface area contributed by atoms with E-state index in [1.165, 1.54) is 5.69 Å². The van der Waals surface area contributed by atoms with Crippen LogP contribution >= 0.6 is 0 Å². The second kappa shape index (κ2) is 9.71. The van der Waals surface area contributed by atoms with E-state index in [4.69, 9.17) is 4.74 Å². The average Bonchev–Trinajstić information content (AvgIpc) is 3.34. The van der Waals surface area contributed by atoms with E-state index < -0.39 is 12.1 Å². The summed E-state index contributed by atoms with van der Waals surface area (Å²) in [5, 5.41) is 12.3. The van der Waals surface area contributed by atoms with Crippen LogP contribution < -0.4 is 9.64 Å². The maximum Gasteiger partial charge on any atom is 0.195 e. The van der Waals surface area contributed by atoms with Gasteiger partial charge in [0.1, 0.15) is 11.9 Å². The number of fused-ring (bicyclic) bond motifs is 1. The van der Waals surface area contributed by atoms with Crippen molar-refractivity contribution in [3.05, 3.63) is 96.2 Å². The van der Waals surface area contributed by atoms with Crippen LogP contribution in [0.15, 0.2) is 85.1 Å². The van der Waals surface area contributed by atoms with E-state index >= 15 is 0 Å². The third-order valence-electron chi connectivity index (χ3n) is 6.71. The molecule has 1 fully saturated rings. The molecule has 2 N–H and O–H groups in total. The number of ether oxygens (including phenoxy) is 1. The Kier molecular flexibility index (Phi) is 6.34. The molecule has 2 atom stereocenters. The summed E-state index contributed by atoms with van der Waals surface area (Å²) >= 11 is 0. The molecule has 1 aliphatic heterocycles. The Labute approximate surface area is 199 Å². The van der Waals surface area contributed by atoms with Crippen LogP contribution in [0, 0.1) is 0 Å². The number of aromatic amines is 1. The molecular weight excluding hydrogens is 426 g/mol. The van der Waals surface area contributed by atoms with Crippen molar-refractivity contribution in [3.8, 4) is 5.75 Å². The Bertz CT molecular complexity index is 1240. The van der Waals surface area contributed by atoms with Crippen molar-refractivity contribution >= 4 is 22.4 Å². The summed E-state index contributed by atoms with van der Waals surface area (Å²) in [6, 6.07) is 25.2. The lowest BCUT2D eigenvalue weighted by Gasteiger charge is -2.41. The van der Waals surface area contributed by atoms with Crippen molar-refractivity contribution in [2.24, 2.45) is 0 Å². The number of hydrogen-bond donors (Lipinski definition) is 2. The standard InChI is InChI=1S/C28H29N3O3/c1-34-22-13-11-20(12-14-22)26(31-17-15-30(16-18-31)21-7-3-2-4-8-21)28(33)27(32)24-19-29-25-10-6-5-9-23(24)25/h2-14,19,26,28-29,33H,15-18H2,1H3/t26-,28-/m1/s1. The second-order valence-electron chi connectivity index (χ2n) is 8.63. The Morgan fingerprint density at radius 2 is 1.59 bits per heavy atom. The minimum absolute atomic E-state index is 0.274.